The van der Waals surface area contributed by atoms with Crippen molar-refractivity contribution >= 4 is 33.2 Å². The van der Waals surface area contributed by atoms with E-state index >= 15 is 0 Å². The molecule has 1 atom stereocenters. The Morgan fingerprint density at radius 1 is 1.21 bits per heavy atom. The van der Waals surface area contributed by atoms with Crippen LogP contribution in [-0.4, -0.2) is 18.7 Å². The molecule has 0 saturated heterocycles. The van der Waals surface area contributed by atoms with Crippen molar-refractivity contribution in [2.24, 2.45) is 0 Å². The Morgan fingerprint density at radius 3 is 2.38 bits per heavy atom. The number of aromatic nitrogens is 2. The van der Waals surface area contributed by atoms with Crippen molar-refractivity contribution in [3.63, 3.8) is 0 Å². The lowest BCUT2D eigenvalue weighted by Gasteiger charge is -2.06. The summed E-state index contributed by atoms with van der Waals surface area (Å²) in [6.45, 7) is 5.65. The molecule has 11 heteroatoms. The molecule has 0 spiro atoms. The first-order valence-electron chi connectivity index (χ1n) is 8.16. The molecule has 29 heavy (non-hydrogen) atoms. The van der Waals surface area contributed by atoms with Gasteiger partial charge < -0.3 is 16.0 Å². The Labute approximate surface area is 173 Å². The first-order valence-corrected chi connectivity index (χ1v) is 10.0. The maximum Gasteiger partial charge on any atom is 0.181 e. The monoisotopic (exact) mass is 438 g/mol. The minimum Gasteiger partial charge on any atom is -0.767 e. The number of nitrogen functional groups attached to an aromatic ring is 2. The largest absolute Gasteiger partial charge is 0.767 e. The van der Waals surface area contributed by atoms with Gasteiger partial charge in [-0.1, -0.05) is 25.2 Å². The molecule has 3 rings (SSSR count). The highest BCUT2D eigenvalue weighted by Gasteiger charge is 2.13. The van der Waals surface area contributed by atoms with Gasteiger partial charge in [0.25, 0.3) is 0 Å². The first kappa shape index (κ1) is 24.1. The predicted molar refractivity (Wildman–Crippen MR) is 109 cm³/mol. The summed E-state index contributed by atoms with van der Waals surface area (Å²) in [7, 11) is 0. The highest BCUT2D eigenvalue weighted by Crippen LogP contribution is 2.29. The maximum absolute atomic E-state index is 13.0. The van der Waals surface area contributed by atoms with Crippen LogP contribution < -0.4 is 11.5 Å². The van der Waals surface area contributed by atoms with Crippen LogP contribution in [0.25, 0.3) is 11.3 Å². The quantitative estimate of drug-likeness (QED) is 0.580. The van der Waals surface area contributed by atoms with E-state index in [-0.39, 0.29) is 20.7 Å². The topological polar surface area (TPSA) is 142 Å². The molecule has 0 radical (unpaired) electrons. The van der Waals surface area contributed by atoms with Gasteiger partial charge in [-0.15, -0.1) is 0 Å². The number of nitriles is 1. The van der Waals surface area contributed by atoms with Crippen LogP contribution in [0.3, 0.4) is 0 Å². The smallest absolute Gasteiger partial charge is 0.181 e. The number of hydrogen-bond donors (Lipinski definition) is 2. The molecule has 0 aliphatic carbocycles. The lowest BCUT2D eigenvalue weighted by atomic mass is 10.1. The van der Waals surface area contributed by atoms with Crippen molar-refractivity contribution in [1.29, 1.82) is 5.26 Å². The average molecular weight is 439 g/mol. The molecule has 4 N–H and O–H groups in total. The van der Waals surface area contributed by atoms with Gasteiger partial charge >= 0.3 is 0 Å². The Morgan fingerprint density at radius 2 is 1.86 bits per heavy atom. The van der Waals surface area contributed by atoms with Gasteiger partial charge in [0, 0.05) is 5.56 Å². The second-order valence-corrected chi connectivity index (χ2v) is 6.98. The average Bonchev–Trinajstić information content (AvgIpc) is 3.06. The first-order chi connectivity index (χ1) is 13.7. The summed E-state index contributed by atoms with van der Waals surface area (Å²) < 4.78 is 46.6. The van der Waals surface area contributed by atoms with E-state index < -0.39 is 22.7 Å². The highest BCUT2D eigenvalue weighted by molar-refractivity contribution is 7.79. The van der Waals surface area contributed by atoms with Gasteiger partial charge in [-0.05, 0) is 47.8 Å². The zero-order chi connectivity index (χ0) is 22.1. The Hall–Kier alpha value is -2.94. The normalized spacial score (nSPS) is 10.7. The summed E-state index contributed by atoms with van der Waals surface area (Å²) >= 11 is -1.26. The fourth-order valence-corrected chi connectivity index (χ4v) is 3.12. The van der Waals surface area contributed by atoms with Crippen LogP contribution in [0.2, 0.25) is 0 Å². The van der Waals surface area contributed by atoms with Gasteiger partial charge in [-0.3, -0.25) is 4.21 Å². The number of anilines is 2. The van der Waals surface area contributed by atoms with E-state index in [0.29, 0.717) is 16.8 Å². The van der Waals surface area contributed by atoms with E-state index in [4.69, 9.17) is 16.7 Å². The van der Waals surface area contributed by atoms with E-state index in [9.17, 15) is 17.5 Å². The van der Waals surface area contributed by atoms with E-state index in [1.54, 1.807) is 13.0 Å². The van der Waals surface area contributed by atoms with Crippen molar-refractivity contribution in [2.75, 3.05) is 11.5 Å². The molecule has 0 fully saturated rings. The number of nitrogens with two attached hydrogens (primary N) is 2. The van der Waals surface area contributed by atoms with Gasteiger partial charge in [-0.25, -0.2) is 18.7 Å². The molecule has 0 bridgehead atoms. The molecular weight excluding hydrogens is 420 g/mol. The zero-order valence-electron chi connectivity index (χ0n) is 15.8. The molecule has 154 valence electrons. The summed E-state index contributed by atoms with van der Waals surface area (Å²) in [5.41, 5.74) is 12.5. The van der Waals surface area contributed by atoms with Gasteiger partial charge in [0.05, 0.1) is 11.9 Å². The summed E-state index contributed by atoms with van der Waals surface area (Å²) in [6.07, 6.45) is 1.32. The van der Waals surface area contributed by atoms with Crippen LogP contribution in [0.4, 0.5) is 19.6 Å². The highest BCUT2D eigenvalue weighted by atomic mass is 32.2. The standard InChI is InChI=1S/C10H5F2N3S.C6H8N2O2S.C2H6/c11-6-2-1-5(3-7(6)12)9-8(4-13)16-10(14)15-9;1-4-2-5(7)3-8-6(4)11(9)10;1-2/h1-3H,(H2,14,15);2-3H,7H2,1H3,(H,9,10);1-2H3/p-1. The van der Waals surface area contributed by atoms with Gasteiger partial charge in [-0.2, -0.15) is 5.26 Å². The predicted octanol–water partition coefficient (Wildman–Crippen LogP) is 3.78. The molecule has 1 aromatic carbocycles. The summed E-state index contributed by atoms with van der Waals surface area (Å²) in [5.74, 6) is -1.92. The lowest BCUT2D eigenvalue weighted by Crippen LogP contribution is -1.98. The molecule has 7 nitrogen and oxygen atoms in total. The van der Waals surface area contributed by atoms with Crippen molar-refractivity contribution in [2.45, 2.75) is 25.8 Å². The number of rotatable bonds is 2. The third-order valence-electron chi connectivity index (χ3n) is 3.15. The zero-order valence-corrected chi connectivity index (χ0v) is 17.4. The number of pyridine rings is 1. The Bertz CT molecular complexity index is 1050. The molecule has 0 amide bonds. The molecule has 3 aromatic rings. The lowest BCUT2D eigenvalue weighted by molar-refractivity contribution is 0.509. The second-order valence-electron chi connectivity index (χ2n) is 5.10. The van der Waals surface area contributed by atoms with Crippen molar-refractivity contribution < 1.29 is 17.5 Å². The number of thiazole rings is 1. The van der Waals surface area contributed by atoms with Gasteiger partial charge in [0.2, 0.25) is 0 Å². The van der Waals surface area contributed by atoms with E-state index in [1.807, 2.05) is 19.9 Å². The van der Waals surface area contributed by atoms with E-state index in [1.165, 1.54) is 12.3 Å². The Kier molecular flexibility index (Phi) is 9.27. The molecule has 0 saturated carbocycles. The van der Waals surface area contributed by atoms with Crippen LogP contribution in [0.5, 0.6) is 0 Å². The number of aryl methyl sites for hydroxylation is 1. The molecule has 1 unspecified atom stereocenters. The molecule has 0 aliphatic heterocycles. The van der Waals surface area contributed by atoms with Crippen molar-refractivity contribution in [3.05, 3.63) is 52.5 Å². The maximum atomic E-state index is 13.0. The van der Waals surface area contributed by atoms with Crippen LogP contribution in [0.15, 0.2) is 35.5 Å². The molecule has 2 aromatic heterocycles. The number of hydrogen-bond acceptors (Lipinski definition) is 8. The van der Waals surface area contributed by atoms with E-state index in [0.717, 1.165) is 23.5 Å². The van der Waals surface area contributed by atoms with Gasteiger partial charge in [0.15, 0.2) is 16.8 Å². The third-order valence-corrected chi connectivity index (χ3v) is 4.68. The fourth-order valence-electron chi connectivity index (χ4n) is 2.01. The fraction of sp³-hybridized carbons (Fsp3) is 0.167. The number of benzene rings is 1. The minimum absolute atomic E-state index is 0.0548. The summed E-state index contributed by atoms with van der Waals surface area (Å²) in [6, 6.07) is 6.81. The SMILES string of the molecule is CC.Cc1cc(N)cnc1S(=O)[O-].N#Cc1sc(N)nc1-c1ccc(F)c(F)c1. The molecule has 0 aliphatic rings. The number of halogens is 2. The molecule has 2 heterocycles. The van der Waals surface area contributed by atoms with Crippen LogP contribution >= 0.6 is 11.3 Å². The van der Waals surface area contributed by atoms with Crippen molar-refractivity contribution in [1.82, 2.24) is 9.97 Å². The van der Waals surface area contributed by atoms with Gasteiger partial charge in [0.1, 0.15) is 21.7 Å². The van der Waals surface area contributed by atoms with Crippen LogP contribution in [0.1, 0.15) is 24.3 Å². The van der Waals surface area contributed by atoms with Crippen LogP contribution in [-0.2, 0) is 11.1 Å². The minimum atomic E-state index is -2.27. The van der Waals surface area contributed by atoms with Crippen molar-refractivity contribution in [3.8, 4) is 17.3 Å². The Balaban J connectivity index is 0.000000284. The third kappa shape index (κ3) is 6.56. The summed E-state index contributed by atoms with van der Waals surface area (Å²) in [5, 5.41) is 9.09. The summed E-state index contributed by atoms with van der Waals surface area (Å²) in [4.78, 5) is 7.83. The number of nitrogens with zero attached hydrogens (tertiary/aromatic N) is 3. The van der Waals surface area contributed by atoms with E-state index in [2.05, 4.69) is 9.97 Å². The van der Waals surface area contributed by atoms with Crippen LogP contribution in [0, 0.1) is 29.9 Å². The molecular formula is C18H18F2N5O2S2-. The second kappa shape index (κ2) is 11.2.